The summed E-state index contributed by atoms with van der Waals surface area (Å²) in [4.78, 5) is 12.7. The van der Waals surface area contributed by atoms with Crippen molar-refractivity contribution in [2.75, 3.05) is 19.0 Å². The number of methoxy groups -OCH3 is 1. The van der Waals surface area contributed by atoms with Crippen LogP contribution in [0.25, 0.3) is 11.3 Å². The Morgan fingerprint density at radius 3 is 2.96 bits per heavy atom. The summed E-state index contributed by atoms with van der Waals surface area (Å²) in [5.41, 5.74) is 2.58. The third kappa shape index (κ3) is 3.97. The van der Waals surface area contributed by atoms with Crippen LogP contribution in [0.15, 0.2) is 49.1 Å². The molecule has 116 valence electrons. The van der Waals surface area contributed by atoms with Crippen molar-refractivity contribution < 1.29 is 4.74 Å². The van der Waals surface area contributed by atoms with Gasteiger partial charge in [0.15, 0.2) is 0 Å². The molecule has 0 atom stereocenters. The molecule has 3 aromatic rings. The number of nitrogens with zero attached hydrogens (tertiary/aromatic N) is 5. The predicted octanol–water partition coefficient (Wildman–Crippen LogP) is 1.99. The zero-order chi connectivity index (χ0) is 15.9. The minimum absolute atomic E-state index is 0.481. The van der Waals surface area contributed by atoms with Crippen molar-refractivity contribution in [2.45, 2.75) is 6.42 Å². The number of hydrogen-bond donors (Lipinski definition) is 1. The first kappa shape index (κ1) is 14.8. The normalized spacial score (nSPS) is 10.3. The zero-order valence-electron chi connectivity index (χ0n) is 12.7. The quantitative estimate of drug-likeness (QED) is 0.745. The summed E-state index contributed by atoms with van der Waals surface area (Å²) in [6.45, 7) is 0.655. The van der Waals surface area contributed by atoms with Crippen LogP contribution in [-0.4, -0.2) is 38.8 Å². The van der Waals surface area contributed by atoms with Crippen molar-refractivity contribution in [1.82, 2.24) is 25.1 Å². The van der Waals surface area contributed by atoms with E-state index in [1.807, 2.05) is 24.3 Å². The van der Waals surface area contributed by atoms with Gasteiger partial charge < -0.3 is 10.1 Å². The summed E-state index contributed by atoms with van der Waals surface area (Å²) in [7, 11) is 1.64. The van der Waals surface area contributed by atoms with Gasteiger partial charge in [-0.25, -0.2) is 4.98 Å². The number of benzene rings is 1. The van der Waals surface area contributed by atoms with E-state index in [1.165, 1.54) is 0 Å². The van der Waals surface area contributed by atoms with Crippen molar-refractivity contribution >= 4 is 5.95 Å². The minimum atomic E-state index is 0.481. The molecule has 2 heterocycles. The largest absolute Gasteiger partial charge is 0.497 e. The molecule has 0 aliphatic rings. The third-order valence-corrected chi connectivity index (χ3v) is 3.21. The van der Waals surface area contributed by atoms with Crippen LogP contribution in [-0.2, 0) is 6.42 Å². The monoisotopic (exact) mass is 308 g/mol. The van der Waals surface area contributed by atoms with E-state index in [9.17, 15) is 0 Å². The average Bonchev–Trinajstić information content (AvgIpc) is 2.63. The molecule has 23 heavy (non-hydrogen) atoms. The first-order valence-corrected chi connectivity index (χ1v) is 7.18. The fourth-order valence-corrected chi connectivity index (χ4v) is 2.06. The van der Waals surface area contributed by atoms with Crippen molar-refractivity contribution in [2.24, 2.45) is 0 Å². The zero-order valence-corrected chi connectivity index (χ0v) is 12.7. The minimum Gasteiger partial charge on any atom is -0.497 e. The van der Waals surface area contributed by atoms with Crippen LogP contribution in [0, 0.1) is 0 Å². The number of rotatable bonds is 6. The Morgan fingerprint density at radius 2 is 2.13 bits per heavy atom. The highest BCUT2D eigenvalue weighted by Crippen LogP contribution is 2.21. The van der Waals surface area contributed by atoms with Crippen LogP contribution < -0.4 is 10.1 Å². The van der Waals surface area contributed by atoms with E-state index < -0.39 is 0 Å². The van der Waals surface area contributed by atoms with Crippen LogP contribution in [0.4, 0.5) is 5.95 Å². The Hall–Kier alpha value is -3.09. The van der Waals surface area contributed by atoms with Gasteiger partial charge in [0, 0.05) is 37.1 Å². The van der Waals surface area contributed by atoms with E-state index in [0.717, 1.165) is 29.1 Å². The molecule has 1 N–H and O–H groups in total. The van der Waals surface area contributed by atoms with E-state index in [1.54, 1.807) is 31.9 Å². The summed E-state index contributed by atoms with van der Waals surface area (Å²) < 4.78 is 5.23. The molecule has 2 aromatic heterocycles. The molecule has 0 saturated heterocycles. The van der Waals surface area contributed by atoms with Crippen LogP contribution in [0.3, 0.4) is 0 Å². The van der Waals surface area contributed by atoms with Gasteiger partial charge in [-0.2, -0.15) is 5.10 Å². The lowest BCUT2D eigenvalue weighted by Gasteiger charge is -2.06. The maximum absolute atomic E-state index is 5.23. The van der Waals surface area contributed by atoms with E-state index in [-0.39, 0.29) is 0 Å². The molecule has 0 radical (unpaired) electrons. The molecule has 0 unspecified atom stereocenters. The Bertz CT molecular complexity index is 765. The first-order chi connectivity index (χ1) is 11.3. The smallest absolute Gasteiger partial charge is 0.243 e. The van der Waals surface area contributed by atoms with E-state index >= 15 is 0 Å². The molecule has 0 saturated carbocycles. The predicted molar refractivity (Wildman–Crippen MR) is 86.0 cm³/mol. The second-order valence-electron chi connectivity index (χ2n) is 4.77. The fraction of sp³-hybridized carbons (Fsp3) is 0.188. The summed E-state index contributed by atoms with van der Waals surface area (Å²) >= 11 is 0. The van der Waals surface area contributed by atoms with Crippen molar-refractivity contribution in [3.8, 4) is 17.0 Å². The molecule has 1 aromatic carbocycles. The molecule has 0 aliphatic carbocycles. The van der Waals surface area contributed by atoms with Crippen molar-refractivity contribution in [1.29, 1.82) is 0 Å². The summed E-state index contributed by atoms with van der Waals surface area (Å²) in [5, 5.41) is 11.1. The molecule has 0 spiro atoms. The lowest BCUT2D eigenvalue weighted by atomic mass is 10.1. The maximum Gasteiger partial charge on any atom is 0.243 e. The van der Waals surface area contributed by atoms with Gasteiger partial charge >= 0.3 is 0 Å². The Morgan fingerprint density at radius 1 is 1.17 bits per heavy atom. The second-order valence-corrected chi connectivity index (χ2v) is 4.77. The highest BCUT2D eigenvalue weighted by molar-refractivity contribution is 5.61. The molecule has 3 rings (SSSR count). The second kappa shape index (κ2) is 7.26. The van der Waals surface area contributed by atoms with E-state index in [2.05, 4.69) is 30.5 Å². The van der Waals surface area contributed by atoms with Gasteiger partial charge in [-0.05, 0) is 12.1 Å². The van der Waals surface area contributed by atoms with Crippen LogP contribution in [0.1, 0.15) is 5.69 Å². The Labute approximate surface area is 133 Å². The molecule has 7 heteroatoms. The van der Waals surface area contributed by atoms with Gasteiger partial charge in [-0.3, -0.25) is 9.97 Å². The van der Waals surface area contributed by atoms with E-state index in [0.29, 0.717) is 12.5 Å². The number of nitrogens with one attached hydrogen (secondary N) is 1. The maximum atomic E-state index is 5.23. The number of ether oxygens (including phenoxy) is 1. The first-order valence-electron chi connectivity index (χ1n) is 7.18. The lowest BCUT2D eigenvalue weighted by Crippen LogP contribution is -2.10. The van der Waals surface area contributed by atoms with Crippen molar-refractivity contribution in [3.63, 3.8) is 0 Å². The average molecular weight is 308 g/mol. The summed E-state index contributed by atoms with van der Waals surface area (Å²) in [5.74, 6) is 1.26. The molecule has 0 aliphatic heterocycles. The Kier molecular flexibility index (Phi) is 4.68. The van der Waals surface area contributed by atoms with Crippen LogP contribution in [0.2, 0.25) is 0 Å². The molecule has 0 bridgehead atoms. The van der Waals surface area contributed by atoms with E-state index in [4.69, 9.17) is 4.74 Å². The van der Waals surface area contributed by atoms with Crippen molar-refractivity contribution in [3.05, 3.63) is 54.7 Å². The molecule has 7 nitrogen and oxygen atoms in total. The molecular weight excluding hydrogens is 292 g/mol. The highest BCUT2D eigenvalue weighted by atomic mass is 16.5. The molecular formula is C16H16N6O. The highest BCUT2D eigenvalue weighted by Gasteiger charge is 2.04. The molecule has 0 amide bonds. The van der Waals surface area contributed by atoms with Gasteiger partial charge in [0.25, 0.3) is 0 Å². The Balaban J connectivity index is 1.67. The van der Waals surface area contributed by atoms with Gasteiger partial charge in [-0.1, -0.05) is 12.1 Å². The van der Waals surface area contributed by atoms with Crippen LogP contribution in [0.5, 0.6) is 5.75 Å². The SMILES string of the molecule is COc1cccc(-c2cnnc(NCCc3cnccn3)n2)c1. The number of aromatic nitrogens is 5. The summed E-state index contributed by atoms with van der Waals surface area (Å²) in [6, 6.07) is 7.67. The van der Waals surface area contributed by atoms with Gasteiger partial charge in [-0.15, -0.1) is 5.10 Å². The standard InChI is InChI=1S/C16H16N6O/c1-23-14-4-2-3-12(9-14)15-11-20-22-16(21-15)19-6-5-13-10-17-7-8-18-13/h2-4,7-11H,5-6H2,1H3,(H,19,21,22). The van der Waals surface area contributed by atoms with Gasteiger partial charge in [0.2, 0.25) is 5.95 Å². The lowest BCUT2D eigenvalue weighted by molar-refractivity contribution is 0.415. The summed E-state index contributed by atoms with van der Waals surface area (Å²) in [6.07, 6.45) is 7.44. The topological polar surface area (TPSA) is 85.7 Å². The van der Waals surface area contributed by atoms with Gasteiger partial charge in [0.1, 0.15) is 5.75 Å². The number of anilines is 1. The van der Waals surface area contributed by atoms with Gasteiger partial charge in [0.05, 0.1) is 24.7 Å². The third-order valence-electron chi connectivity index (χ3n) is 3.21. The molecule has 0 fully saturated rings. The number of hydrogen-bond acceptors (Lipinski definition) is 7. The van der Waals surface area contributed by atoms with Crippen LogP contribution >= 0.6 is 0 Å². The fourth-order valence-electron chi connectivity index (χ4n) is 2.06.